The summed E-state index contributed by atoms with van der Waals surface area (Å²) in [5, 5.41) is 3.23. The van der Waals surface area contributed by atoms with Crippen LogP contribution in [0.15, 0.2) is 24.3 Å². The third kappa shape index (κ3) is 6.22. The van der Waals surface area contributed by atoms with E-state index in [9.17, 15) is 4.79 Å². The smallest absolute Gasteiger partial charge is 0.332 e. The topological polar surface area (TPSA) is 56.8 Å². The normalized spacial score (nSPS) is 11.9. The van der Waals surface area contributed by atoms with Gasteiger partial charge in [-0.05, 0) is 24.6 Å². The van der Waals surface area contributed by atoms with Crippen LogP contribution in [0.25, 0.3) is 0 Å². The Labute approximate surface area is 113 Å². The first kappa shape index (κ1) is 15.5. The second kappa shape index (κ2) is 8.50. The van der Waals surface area contributed by atoms with Crippen LogP contribution >= 0.6 is 0 Å². The first-order valence-corrected chi connectivity index (χ1v) is 6.17. The van der Waals surface area contributed by atoms with E-state index in [1.165, 1.54) is 7.11 Å². The fraction of sp³-hybridized carbons (Fsp3) is 0.500. The fourth-order valence-corrected chi connectivity index (χ4v) is 1.62. The van der Waals surface area contributed by atoms with E-state index in [2.05, 4.69) is 5.32 Å². The fourth-order valence-electron chi connectivity index (χ4n) is 1.62. The molecule has 0 fully saturated rings. The maximum atomic E-state index is 11.2. The van der Waals surface area contributed by atoms with Crippen LogP contribution in [-0.4, -0.2) is 39.4 Å². The Balaban J connectivity index is 2.27. The lowest BCUT2D eigenvalue weighted by Gasteiger charge is -2.14. The lowest BCUT2D eigenvalue weighted by Crippen LogP contribution is -2.29. The molecule has 1 unspecified atom stereocenters. The molecule has 5 nitrogen and oxygen atoms in total. The van der Waals surface area contributed by atoms with Crippen LogP contribution in [0.3, 0.4) is 0 Å². The third-order valence-electron chi connectivity index (χ3n) is 2.49. The average molecular weight is 267 g/mol. The van der Waals surface area contributed by atoms with Crippen molar-refractivity contribution in [2.45, 2.75) is 19.6 Å². The van der Waals surface area contributed by atoms with E-state index in [0.717, 1.165) is 11.3 Å². The molecular weight excluding hydrogens is 246 g/mol. The van der Waals surface area contributed by atoms with Crippen molar-refractivity contribution in [3.8, 4) is 5.75 Å². The van der Waals surface area contributed by atoms with Gasteiger partial charge >= 0.3 is 5.97 Å². The maximum absolute atomic E-state index is 11.2. The Kier molecular flexibility index (Phi) is 6.92. The predicted octanol–water partition coefficient (Wildman–Crippen LogP) is 1.36. The second-order valence-electron chi connectivity index (χ2n) is 4.22. The monoisotopic (exact) mass is 267 g/mol. The standard InChI is InChI=1S/C14H21NO4/c1-11(19-14(16)10-17-2)8-15-9-12-5-4-6-13(7-12)18-3/h4-7,11,15H,8-10H2,1-3H3. The molecule has 0 aromatic heterocycles. The van der Waals surface area contributed by atoms with Crippen molar-refractivity contribution in [3.05, 3.63) is 29.8 Å². The Morgan fingerprint density at radius 2 is 2.16 bits per heavy atom. The quantitative estimate of drug-likeness (QED) is 0.721. The highest BCUT2D eigenvalue weighted by molar-refractivity contribution is 5.70. The summed E-state index contributed by atoms with van der Waals surface area (Å²) in [6, 6.07) is 7.82. The van der Waals surface area contributed by atoms with E-state index < -0.39 is 0 Å². The van der Waals surface area contributed by atoms with Crippen LogP contribution in [0.4, 0.5) is 0 Å². The van der Waals surface area contributed by atoms with Crippen molar-refractivity contribution in [1.82, 2.24) is 5.32 Å². The van der Waals surface area contributed by atoms with Gasteiger partial charge < -0.3 is 19.5 Å². The van der Waals surface area contributed by atoms with Gasteiger partial charge in [-0.15, -0.1) is 0 Å². The Morgan fingerprint density at radius 1 is 1.37 bits per heavy atom. The molecule has 1 aromatic carbocycles. The van der Waals surface area contributed by atoms with Gasteiger partial charge in [-0.2, -0.15) is 0 Å². The zero-order valence-electron chi connectivity index (χ0n) is 11.6. The van der Waals surface area contributed by atoms with Crippen molar-refractivity contribution in [2.75, 3.05) is 27.4 Å². The van der Waals surface area contributed by atoms with Gasteiger partial charge in [0.05, 0.1) is 7.11 Å². The largest absolute Gasteiger partial charge is 0.497 e. The molecule has 1 N–H and O–H groups in total. The molecule has 0 radical (unpaired) electrons. The third-order valence-corrected chi connectivity index (χ3v) is 2.49. The summed E-state index contributed by atoms with van der Waals surface area (Å²) in [6.45, 7) is 3.11. The van der Waals surface area contributed by atoms with Gasteiger partial charge in [-0.3, -0.25) is 0 Å². The molecule has 106 valence electrons. The van der Waals surface area contributed by atoms with Crippen molar-refractivity contribution in [3.63, 3.8) is 0 Å². The second-order valence-corrected chi connectivity index (χ2v) is 4.22. The Bertz CT molecular complexity index is 395. The summed E-state index contributed by atoms with van der Waals surface area (Å²) in [5.41, 5.74) is 1.12. The zero-order valence-corrected chi connectivity index (χ0v) is 11.6. The van der Waals surface area contributed by atoms with E-state index in [-0.39, 0.29) is 18.7 Å². The van der Waals surface area contributed by atoms with E-state index >= 15 is 0 Å². The van der Waals surface area contributed by atoms with Crippen LogP contribution in [0, 0.1) is 0 Å². The number of benzene rings is 1. The molecule has 0 saturated carbocycles. The van der Waals surface area contributed by atoms with E-state index in [0.29, 0.717) is 13.1 Å². The van der Waals surface area contributed by atoms with E-state index in [1.807, 2.05) is 31.2 Å². The molecule has 0 aliphatic heterocycles. The van der Waals surface area contributed by atoms with Gasteiger partial charge in [0.15, 0.2) is 0 Å². The van der Waals surface area contributed by atoms with E-state index in [1.54, 1.807) is 7.11 Å². The van der Waals surface area contributed by atoms with Crippen LogP contribution in [0.5, 0.6) is 5.75 Å². The number of carbonyl (C=O) groups excluding carboxylic acids is 1. The molecule has 1 atom stereocenters. The SMILES string of the molecule is COCC(=O)OC(C)CNCc1cccc(OC)c1. The van der Waals surface area contributed by atoms with Crippen molar-refractivity contribution in [2.24, 2.45) is 0 Å². The van der Waals surface area contributed by atoms with Crippen molar-refractivity contribution in [1.29, 1.82) is 0 Å². The molecule has 0 aliphatic rings. The van der Waals surface area contributed by atoms with E-state index in [4.69, 9.17) is 14.2 Å². The molecule has 0 bridgehead atoms. The number of rotatable bonds is 8. The Hall–Kier alpha value is -1.59. The number of methoxy groups -OCH3 is 2. The van der Waals surface area contributed by atoms with Gasteiger partial charge in [0.1, 0.15) is 18.5 Å². The summed E-state index contributed by atoms with van der Waals surface area (Å²) >= 11 is 0. The van der Waals surface area contributed by atoms with Gasteiger partial charge in [-0.25, -0.2) is 4.79 Å². The highest BCUT2D eigenvalue weighted by atomic mass is 16.6. The van der Waals surface area contributed by atoms with Crippen LogP contribution in [0.2, 0.25) is 0 Å². The van der Waals surface area contributed by atoms with Gasteiger partial charge in [-0.1, -0.05) is 12.1 Å². The molecule has 1 rings (SSSR count). The highest BCUT2D eigenvalue weighted by Gasteiger charge is 2.08. The molecule has 0 amide bonds. The summed E-state index contributed by atoms with van der Waals surface area (Å²) in [4.78, 5) is 11.2. The Morgan fingerprint density at radius 3 is 2.84 bits per heavy atom. The lowest BCUT2D eigenvalue weighted by molar-refractivity contribution is -0.152. The van der Waals surface area contributed by atoms with Crippen LogP contribution in [-0.2, 0) is 20.8 Å². The van der Waals surface area contributed by atoms with Crippen LogP contribution in [0.1, 0.15) is 12.5 Å². The minimum atomic E-state index is -0.349. The number of ether oxygens (including phenoxy) is 3. The number of hydrogen-bond donors (Lipinski definition) is 1. The summed E-state index contributed by atoms with van der Waals surface area (Å²) in [5.74, 6) is 0.483. The van der Waals surface area contributed by atoms with Gasteiger partial charge in [0.25, 0.3) is 0 Å². The number of esters is 1. The summed E-state index contributed by atoms with van der Waals surface area (Å²) < 4.78 is 15.0. The molecule has 0 heterocycles. The minimum absolute atomic E-state index is 0.0137. The predicted molar refractivity (Wildman–Crippen MR) is 72.1 cm³/mol. The number of nitrogens with one attached hydrogen (secondary N) is 1. The van der Waals surface area contributed by atoms with Crippen molar-refractivity contribution >= 4 is 5.97 Å². The zero-order chi connectivity index (χ0) is 14.1. The van der Waals surface area contributed by atoms with Crippen LogP contribution < -0.4 is 10.1 Å². The number of carbonyl (C=O) groups is 1. The first-order valence-electron chi connectivity index (χ1n) is 6.17. The molecule has 0 saturated heterocycles. The molecule has 1 aromatic rings. The molecule has 0 aliphatic carbocycles. The molecular formula is C14H21NO4. The number of hydrogen-bond acceptors (Lipinski definition) is 5. The average Bonchev–Trinajstić information content (AvgIpc) is 2.39. The maximum Gasteiger partial charge on any atom is 0.332 e. The molecule has 5 heteroatoms. The summed E-state index contributed by atoms with van der Waals surface area (Å²) in [7, 11) is 3.11. The summed E-state index contributed by atoms with van der Waals surface area (Å²) in [6.07, 6.45) is -0.187. The minimum Gasteiger partial charge on any atom is -0.497 e. The first-order chi connectivity index (χ1) is 9.15. The van der Waals surface area contributed by atoms with Gasteiger partial charge in [0, 0.05) is 20.2 Å². The molecule has 19 heavy (non-hydrogen) atoms. The van der Waals surface area contributed by atoms with Gasteiger partial charge in [0.2, 0.25) is 0 Å². The highest BCUT2D eigenvalue weighted by Crippen LogP contribution is 2.12. The lowest BCUT2D eigenvalue weighted by atomic mass is 10.2. The molecule has 0 spiro atoms. The van der Waals surface area contributed by atoms with Crippen molar-refractivity contribution < 1.29 is 19.0 Å².